The van der Waals surface area contributed by atoms with E-state index in [0.29, 0.717) is 0 Å². The summed E-state index contributed by atoms with van der Waals surface area (Å²) < 4.78 is 8.25. The lowest BCUT2D eigenvalue weighted by Gasteiger charge is -2.37. The molecule has 1 aromatic carbocycles. The molecule has 1 saturated heterocycles. The van der Waals surface area contributed by atoms with Crippen molar-refractivity contribution < 1.29 is 9.22 Å². The number of piperidine rings is 1. The number of hydrogen-bond acceptors (Lipinski definition) is 1. The molecular formula is C14H21INO+. The molecule has 1 fully saturated rings. The number of rotatable bonds is 4. The van der Waals surface area contributed by atoms with E-state index in [1.54, 1.807) is 0 Å². The van der Waals surface area contributed by atoms with E-state index in [1.165, 1.54) is 40.4 Å². The van der Waals surface area contributed by atoms with Gasteiger partial charge in [-0.05, 0) is 60.1 Å². The number of quaternary nitrogens is 1. The summed E-state index contributed by atoms with van der Waals surface area (Å²) in [6.45, 7) is 4.59. The van der Waals surface area contributed by atoms with Gasteiger partial charge in [-0.25, -0.2) is 0 Å². The second kappa shape index (κ2) is 6.05. The maximum atomic E-state index is 5.83. The highest BCUT2D eigenvalue weighted by Gasteiger charge is 2.24. The summed E-state index contributed by atoms with van der Waals surface area (Å²) in [5.41, 5.74) is 0. The molecule has 1 aromatic rings. The van der Waals surface area contributed by atoms with Crippen LogP contribution >= 0.6 is 22.6 Å². The summed E-state index contributed by atoms with van der Waals surface area (Å²) in [6, 6.07) is 8.27. The molecule has 1 aliphatic rings. The third-order valence-corrected chi connectivity index (χ3v) is 4.26. The van der Waals surface area contributed by atoms with Crippen LogP contribution in [0.5, 0.6) is 5.75 Å². The van der Waals surface area contributed by atoms with Crippen LogP contribution in [-0.4, -0.2) is 37.8 Å². The van der Waals surface area contributed by atoms with Crippen LogP contribution in [0.4, 0.5) is 0 Å². The van der Waals surface area contributed by atoms with Gasteiger partial charge in [0.25, 0.3) is 0 Å². The monoisotopic (exact) mass is 346 g/mol. The van der Waals surface area contributed by atoms with Gasteiger partial charge >= 0.3 is 0 Å². The average molecular weight is 346 g/mol. The Hall–Kier alpha value is -0.290. The highest BCUT2D eigenvalue weighted by atomic mass is 127. The lowest BCUT2D eigenvalue weighted by Crippen LogP contribution is -2.50. The van der Waals surface area contributed by atoms with E-state index < -0.39 is 0 Å². The lowest BCUT2D eigenvalue weighted by atomic mass is 10.1. The summed E-state index contributed by atoms with van der Waals surface area (Å²) in [4.78, 5) is 0. The molecule has 0 radical (unpaired) electrons. The molecule has 0 spiro atoms. The second-order valence-electron chi connectivity index (χ2n) is 5.16. The Morgan fingerprint density at radius 3 is 2.71 bits per heavy atom. The first-order valence-corrected chi connectivity index (χ1v) is 7.48. The number of hydrogen-bond donors (Lipinski definition) is 0. The van der Waals surface area contributed by atoms with Gasteiger partial charge in [0.1, 0.15) is 18.9 Å². The van der Waals surface area contributed by atoms with Crippen molar-refractivity contribution in [2.75, 3.05) is 33.3 Å². The molecule has 0 atom stereocenters. The van der Waals surface area contributed by atoms with E-state index >= 15 is 0 Å². The topological polar surface area (TPSA) is 9.23 Å². The Morgan fingerprint density at radius 2 is 2.00 bits per heavy atom. The van der Waals surface area contributed by atoms with Gasteiger partial charge in [-0.15, -0.1) is 0 Å². The lowest BCUT2D eigenvalue weighted by molar-refractivity contribution is -0.914. The van der Waals surface area contributed by atoms with Gasteiger partial charge in [-0.2, -0.15) is 0 Å². The zero-order valence-corrected chi connectivity index (χ0v) is 12.7. The second-order valence-corrected chi connectivity index (χ2v) is 6.40. The highest BCUT2D eigenvalue weighted by Crippen LogP contribution is 2.17. The van der Waals surface area contributed by atoms with Gasteiger partial charge in [-0.1, -0.05) is 6.07 Å². The van der Waals surface area contributed by atoms with Crippen molar-refractivity contribution in [3.8, 4) is 5.75 Å². The van der Waals surface area contributed by atoms with Crippen molar-refractivity contribution in [3.63, 3.8) is 0 Å². The minimum absolute atomic E-state index is 0.830. The molecule has 0 aromatic heterocycles. The molecule has 0 saturated carbocycles. The Labute approximate surface area is 118 Å². The minimum atomic E-state index is 0.830. The van der Waals surface area contributed by atoms with Gasteiger partial charge in [0.2, 0.25) is 0 Å². The fourth-order valence-corrected chi connectivity index (χ4v) is 2.95. The minimum Gasteiger partial charge on any atom is -0.488 e. The molecular weight excluding hydrogens is 325 g/mol. The Kier molecular flexibility index (Phi) is 4.68. The van der Waals surface area contributed by atoms with Crippen molar-refractivity contribution in [2.24, 2.45) is 0 Å². The quantitative estimate of drug-likeness (QED) is 0.601. The number of benzene rings is 1. The van der Waals surface area contributed by atoms with Crippen LogP contribution in [-0.2, 0) is 0 Å². The summed E-state index contributed by atoms with van der Waals surface area (Å²) in [5.74, 6) is 1.00. The Balaban J connectivity index is 1.79. The maximum absolute atomic E-state index is 5.83. The zero-order valence-electron chi connectivity index (χ0n) is 10.5. The fourth-order valence-electron chi connectivity index (χ4n) is 2.44. The number of likely N-dealkylation sites (tertiary alicyclic amines) is 1. The van der Waals surface area contributed by atoms with Crippen LogP contribution in [0, 0.1) is 3.57 Å². The molecule has 0 unspecified atom stereocenters. The van der Waals surface area contributed by atoms with Crippen LogP contribution in [0.3, 0.4) is 0 Å². The molecule has 94 valence electrons. The SMILES string of the molecule is C[N+]1(CCOc2cccc(I)c2)CCCCC1. The van der Waals surface area contributed by atoms with Crippen LogP contribution < -0.4 is 4.74 Å². The van der Waals surface area contributed by atoms with Gasteiger partial charge in [0.15, 0.2) is 0 Å². The molecule has 0 N–H and O–H groups in total. The molecule has 1 aliphatic heterocycles. The largest absolute Gasteiger partial charge is 0.488 e. The van der Waals surface area contributed by atoms with Gasteiger partial charge in [0.05, 0.1) is 20.1 Å². The number of ether oxygens (including phenoxy) is 1. The third kappa shape index (κ3) is 4.14. The highest BCUT2D eigenvalue weighted by molar-refractivity contribution is 14.1. The molecule has 1 heterocycles. The molecule has 2 nitrogen and oxygen atoms in total. The predicted molar refractivity (Wildman–Crippen MR) is 79.3 cm³/mol. The molecule has 17 heavy (non-hydrogen) atoms. The van der Waals surface area contributed by atoms with E-state index in [1.807, 2.05) is 12.1 Å². The first-order chi connectivity index (χ1) is 8.18. The van der Waals surface area contributed by atoms with Gasteiger partial charge < -0.3 is 9.22 Å². The van der Waals surface area contributed by atoms with E-state index in [-0.39, 0.29) is 0 Å². The van der Waals surface area contributed by atoms with E-state index in [9.17, 15) is 0 Å². The van der Waals surface area contributed by atoms with Crippen molar-refractivity contribution in [2.45, 2.75) is 19.3 Å². The smallest absolute Gasteiger partial charge is 0.137 e. The Bertz CT molecular complexity index is 361. The molecule has 0 aliphatic carbocycles. The standard InChI is InChI=1S/C14H21INO/c1-16(8-3-2-4-9-16)10-11-17-14-7-5-6-13(15)12-14/h5-7,12H,2-4,8-11H2,1H3/q+1. The van der Waals surface area contributed by atoms with Crippen LogP contribution in [0.25, 0.3) is 0 Å². The summed E-state index contributed by atoms with van der Waals surface area (Å²) >= 11 is 2.32. The van der Waals surface area contributed by atoms with Crippen LogP contribution in [0.15, 0.2) is 24.3 Å². The van der Waals surface area contributed by atoms with Crippen molar-refractivity contribution in [1.29, 1.82) is 0 Å². The van der Waals surface area contributed by atoms with Crippen LogP contribution in [0.1, 0.15) is 19.3 Å². The van der Waals surface area contributed by atoms with E-state index in [4.69, 9.17) is 4.74 Å². The number of likely N-dealkylation sites (N-methyl/N-ethyl adjacent to an activating group) is 1. The number of nitrogens with zero attached hydrogens (tertiary/aromatic N) is 1. The summed E-state index contributed by atoms with van der Waals surface area (Å²) in [7, 11) is 2.36. The first kappa shape index (κ1) is 13.1. The number of halogens is 1. The Morgan fingerprint density at radius 1 is 1.24 bits per heavy atom. The van der Waals surface area contributed by atoms with Crippen LogP contribution in [0.2, 0.25) is 0 Å². The fraction of sp³-hybridized carbons (Fsp3) is 0.571. The molecule has 0 bridgehead atoms. The predicted octanol–water partition coefficient (Wildman–Crippen LogP) is 3.30. The third-order valence-electron chi connectivity index (χ3n) is 3.59. The van der Waals surface area contributed by atoms with Crippen molar-refractivity contribution >= 4 is 22.6 Å². The van der Waals surface area contributed by atoms with E-state index in [0.717, 1.165) is 18.9 Å². The molecule has 3 heteroatoms. The zero-order chi connectivity index (χ0) is 12.1. The summed E-state index contributed by atoms with van der Waals surface area (Å²) in [6.07, 6.45) is 4.16. The first-order valence-electron chi connectivity index (χ1n) is 6.40. The summed E-state index contributed by atoms with van der Waals surface area (Å²) in [5, 5.41) is 0. The van der Waals surface area contributed by atoms with E-state index in [2.05, 4.69) is 41.8 Å². The average Bonchev–Trinajstić information content (AvgIpc) is 2.30. The normalized spacial score (nSPS) is 18.9. The molecule has 0 amide bonds. The molecule has 2 rings (SSSR count). The van der Waals surface area contributed by atoms with Crippen molar-refractivity contribution in [3.05, 3.63) is 27.8 Å². The van der Waals surface area contributed by atoms with Crippen molar-refractivity contribution in [1.82, 2.24) is 0 Å². The maximum Gasteiger partial charge on any atom is 0.137 e. The van der Waals surface area contributed by atoms with Gasteiger partial charge in [0, 0.05) is 3.57 Å². The van der Waals surface area contributed by atoms with Gasteiger partial charge in [-0.3, -0.25) is 0 Å².